The van der Waals surface area contributed by atoms with Gasteiger partial charge < -0.3 is 14.8 Å². The zero-order valence-electron chi connectivity index (χ0n) is 11.5. The summed E-state index contributed by atoms with van der Waals surface area (Å²) in [7, 11) is 1.62. The standard InChI is InChI=1S/C14H20ClNO3/c1-4-19-9-13(17)16-10(2)14(18-3)11-5-7-12(15)8-6-11/h5-8,10,14H,4,9H2,1-3H3,(H,16,17)/t10-,14-/m1/s1. The van der Waals surface area contributed by atoms with Crippen molar-refractivity contribution < 1.29 is 14.3 Å². The Balaban J connectivity index is 2.63. The molecule has 0 unspecified atom stereocenters. The van der Waals surface area contributed by atoms with Gasteiger partial charge in [-0.25, -0.2) is 0 Å². The number of halogens is 1. The van der Waals surface area contributed by atoms with E-state index in [-0.39, 0.29) is 24.7 Å². The monoisotopic (exact) mass is 285 g/mol. The van der Waals surface area contributed by atoms with E-state index >= 15 is 0 Å². The Labute approximate surface area is 119 Å². The number of rotatable bonds is 7. The normalized spacial score (nSPS) is 13.9. The van der Waals surface area contributed by atoms with Crippen LogP contribution in [0.3, 0.4) is 0 Å². The minimum atomic E-state index is -0.220. The van der Waals surface area contributed by atoms with Gasteiger partial charge in [0.25, 0.3) is 0 Å². The van der Waals surface area contributed by atoms with E-state index in [4.69, 9.17) is 21.1 Å². The lowest BCUT2D eigenvalue weighted by molar-refractivity contribution is -0.127. The second-order valence-corrected chi connectivity index (χ2v) is 4.64. The quantitative estimate of drug-likeness (QED) is 0.837. The van der Waals surface area contributed by atoms with Gasteiger partial charge in [-0.05, 0) is 31.5 Å². The molecule has 4 nitrogen and oxygen atoms in total. The molecule has 0 saturated heterocycles. The number of nitrogens with one attached hydrogen (secondary N) is 1. The summed E-state index contributed by atoms with van der Waals surface area (Å²) in [5.41, 5.74) is 0.969. The highest BCUT2D eigenvalue weighted by molar-refractivity contribution is 6.30. The van der Waals surface area contributed by atoms with Gasteiger partial charge in [-0.3, -0.25) is 4.79 Å². The van der Waals surface area contributed by atoms with Crippen LogP contribution in [-0.4, -0.2) is 32.3 Å². The smallest absolute Gasteiger partial charge is 0.246 e. The van der Waals surface area contributed by atoms with E-state index in [1.54, 1.807) is 19.2 Å². The molecule has 0 fully saturated rings. The molecule has 2 atom stereocenters. The van der Waals surface area contributed by atoms with Crippen LogP contribution in [0.4, 0.5) is 0 Å². The van der Waals surface area contributed by atoms with Gasteiger partial charge in [0, 0.05) is 18.7 Å². The van der Waals surface area contributed by atoms with Crippen molar-refractivity contribution in [1.29, 1.82) is 0 Å². The fourth-order valence-corrected chi connectivity index (χ4v) is 1.97. The number of hydrogen-bond acceptors (Lipinski definition) is 3. The highest BCUT2D eigenvalue weighted by Gasteiger charge is 2.20. The highest BCUT2D eigenvalue weighted by atomic mass is 35.5. The Morgan fingerprint density at radius 3 is 2.53 bits per heavy atom. The topological polar surface area (TPSA) is 47.6 Å². The molecule has 106 valence electrons. The Morgan fingerprint density at radius 1 is 1.37 bits per heavy atom. The molecule has 0 saturated carbocycles. The molecule has 1 aromatic carbocycles. The van der Waals surface area contributed by atoms with Crippen LogP contribution < -0.4 is 5.32 Å². The van der Waals surface area contributed by atoms with E-state index in [1.165, 1.54) is 0 Å². The zero-order valence-corrected chi connectivity index (χ0v) is 12.2. The molecule has 19 heavy (non-hydrogen) atoms. The molecule has 0 bridgehead atoms. The van der Waals surface area contributed by atoms with E-state index < -0.39 is 0 Å². The van der Waals surface area contributed by atoms with Crippen LogP contribution in [0.15, 0.2) is 24.3 Å². The first kappa shape index (κ1) is 16.0. The Morgan fingerprint density at radius 2 is 2.00 bits per heavy atom. The lowest BCUT2D eigenvalue weighted by Crippen LogP contribution is -2.39. The summed E-state index contributed by atoms with van der Waals surface area (Å²) in [6.07, 6.45) is -0.220. The van der Waals surface area contributed by atoms with Crippen LogP contribution in [0.25, 0.3) is 0 Å². The first-order valence-electron chi connectivity index (χ1n) is 6.23. The molecule has 0 aliphatic heterocycles. The maximum absolute atomic E-state index is 11.6. The molecule has 0 aromatic heterocycles. The number of ether oxygens (including phenoxy) is 2. The van der Waals surface area contributed by atoms with Crippen LogP contribution in [0, 0.1) is 0 Å². The van der Waals surface area contributed by atoms with Crippen LogP contribution in [-0.2, 0) is 14.3 Å². The summed E-state index contributed by atoms with van der Waals surface area (Å²) < 4.78 is 10.5. The zero-order chi connectivity index (χ0) is 14.3. The van der Waals surface area contributed by atoms with Crippen molar-refractivity contribution in [3.8, 4) is 0 Å². The highest BCUT2D eigenvalue weighted by Crippen LogP contribution is 2.22. The average Bonchev–Trinajstić information content (AvgIpc) is 2.39. The van der Waals surface area contributed by atoms with Crippen LogP contribution in [0.5, 0.6) is 0 Å². The van der Waals surface area contributed by atoms with Crippen molar-refractivity contribution in [1.82, 2.24) is 5.32 Å². The summed E-state index contributed by atoms with van der Waals surface area (Å²) in [6, 6.07) is 7.23. The second-order valence-electron chi connectivity index (χ2n) is 4.20. The maximum atomic E-state index is 11.6. The average molecular weight is 286 g/mol. The van der Waals surface area contributed by atoms with Gasteiger partial charge in [0.1, 0.15) is 12.7 Å². The molecule has 5 heteroatoms. The minimum absolute atomic E-state index is 0.0674. The molecule has 1 N–H and O–H groups in total. The number of hydrogen-bond donors (Lipinski definition) is 1. The third-order valence-corrected chi connectivity index (χ3v) is 2.98. The van der Waals surface area contributed by atoms with E-state index in [9.17, 15) is 4.79 Å². The van der Waals surface area contributed by atoms with Gasteiger partial charge in [-0.2, -0.15) is 0 Å². The molecular formula is C14H20ClNO3. The summed E-state index contributed by atoms with van der Waals surface area (Å²) in [4.78, 5) is 11.6. The summed E-state index contributed by atoms with van der Waals surface area (Å²) >= 11 is 5.85. The summed E-state index contributed by atoms with van der Waals surface area (Å²) in [5.74, 6) is -0.148. The number of carbonyl (C=O) groups is 1. The molecule has 0 aliphatic carbocycles. The lowest BCUT2D eigenvalue weighted by atomic mass is 10.0. The Bertz CT molecular complexity index is 394. The van der Waals surface area contributed by atoms with E-state index in [0.717, 1.165) is 5.56 Å². The number of benzene rings is 1. The van der Waals surface area contributed by atoms with Gasteiger partial charge in [0.2, 0.25) is 5.91 Å². The predicted octanol–water partition coefficient (Wildman–Crippen LogP) is 2.57. The van der Waals surface area contributed by atoms with Crippen molar-refractivity contribution >= 4 is 17.5 Å². The number of carbonyl (C=O) groups excluding carboxylic acids is 1. The molecule has 1 aromatic rings. The summed E-state index contributed by atoms with van der Waals surface area (Å²) in [6.45, 7) is 4.33. The molecule has 0 spiro atoms. The van der Waals surface area contributed by atoms with Crippen LogP contribution >= 0.6 is 11.6 Å². The van der Waals surface area contributed by atoms with Gasteiger partial charge >= 0.3 is 0 Å². The predicted molar refractivity (Wildman–Crippen MR) is 75.3 cm³/mol. The Hall–Kier alpha value is -1.10. The van der Waals surface area contributed by atoms with Crippen LogP contribution in [0.1, 0.15) is 25.5 Å². The SMILES string of the molecule is CCOCC(=O)N[C@H](C)[C@@H](OC)c1ccc(Cl)cc1. The third-order valence-electron chi connectivity index (χ3n) is 2.73. The maximum Gasteiger partial charge on any atom is 0.246 e. The van der Waals surface area contributed by atoms with Crippen molar-refractivity contribution in [3.05, 3.63) is 34.9 Å². The molecule has 1 rings (SSSR count). The van der Waals surface area contributed by atoms with Crippen LogP contribution in [0.2, 0.25) is 5.02 Å². The van der Waals surface area contributed by atoms with Crippen molar-refractivity contribution in [2.24, 2.45) is 0 Å². The van der Waals surface area contributed by atoms with E-state index in [1.807, 2.05) is 26.0 Å². The number of amides is 1. The fraction of sp³-hybridized carbons (Fsp3) is 0.500. The van der Waals surface area contributed by atoms with Crippen molar-refractivity contribution in [2.75, 3.05) is 20.3 Å². The van der Waals surface area contributed by atoms with Crippen molar-refractivity contribution in [2.45, 2.75) is 26.0 Å². The first-order chi connectivity index (χ1) is 9.08. The van der Waals surface area contributed by atoms with E-state index in [2.05, 4.69) is 5.32 Å². The van der Waals surface area contributed by atoms with Gasteiger partial charge in [0.05, 0.1) is 6.04 Å². The minimum Gasteiger partial charge on any atom is -0.375 e. The second kappa shape index (κ2) is 8.15. The number of methoxy groups -OCH3 is 1. The fourth-order valence-electron chi connectivity index (χ4n) is 1.85. The molecule has 0 aliphatic rings. The molecule has 0 heterocycles. The lowest BCUT2D eigenvalue weighted by Gasteiger charge is -2.24. The van der Waals surface area contributed by atoms with E-state index in [0.29, 0.717) is 11.6 Å². The third kappa shape index (κ3) is 5.19. The van der Waals surface area contributed by atoms with Gasteiger partial charge in [-0.15, -0.1) is 0 Å². The Kier molecular flexibility index (Phi) is 6.84. The molecule has 1 amide bonds. The largest absolute Gasteiger partial charge is 0.375 e. The summed E-state index contributed by atoms with van der Waals surface area (Å²) in [5, 5.41) is 3.53. The van der Waals surface area contributed by atoms with Gasteiger partial charge in [-0.1, -0.05) is 23.7 Å². The van der Waals surface area contributed by atoms with Crippen molar-refractivity contribution in [3.63, 3.8) is 0 Å². The van der Waals surface area contributed by atoms with Gasteiger partial charge in [0.15, 0.2) is 0 Å². The molecular weight excluding hydrogens is 266 g/mol. The molecule has 0 radical (unpaired) electrons. The first-order valence-corrected chi connectivity index (χ1v) is 6.61.